The molecule has 1 amide bonds. The summed E-state index contributed by atoms with van der Waals surface area (Å²) in [4.78, 5) is 11.7. The average molecular weight is 219 g/mol. The summed E-state index contributed by atoms with van der Waals surface area (Å²) in [7, 11) is 0. The predicted octanol–water partition coefficient (Wildman–Crippen LogP) is 0.673. The van der Waals surface area contributed by atoms with Crippen molar-refractivity contribution in [2.75, 3.05) is 0 Å². The van der Waals surface area contributed by atoms with E-state index in [0.29, 0.717) is 17.2 Å². The highest BCUT2D eigenvalue weighted by Gasteiger charge is 2.23. The van der Waals surface area contributed by atoms with Crippen LogP contribution in [-0.4, -0.2) is 23.0 Å². The van der Waals surface area contributed by atoms with Crippen LogP contribution in [0.1, 0.15) is 28.8 Å². The lowest BCUT2D eigenvalue weighted by Crippen LogP contribution is -2.25. The summed E-state index contributed by atoms with van der Waals surface area (Å²) in [5, 5.41) is 14.3. The zero-order chi connectivity index (χ0) is 11.5. The van der Waals surface area contributed by atoms with E-state index in [1.807, 2.05) is 0 Å². The molecule has 5 nitrogen and oxygen atoms in total. The Morgan fingerprint density at radius 2 is 2.12 bits per heavy atom. The highest BCUT2D eigenvalue weighted by molar-refractivity contribution is 6.01. The number of carbonyl (C=O) groups excluding carboxylic acids is 1. The third-order valence-electron chi connectivity index (χ3n) is 2.44. The van der Waals surface area contributed by atoms with Crippen LogP contribution in [0.3, 0.4) is 0 Å². The minimum Gasteiger partial charge on any atom is -0.409 e. The van der Waals surface area contributed by atoms with Crippen LogP contribution in [0.4, 0.5) is 0 Å². The number of nitrogens with one attached hydrogen (secondary N) is 1. The lowest BCUT2D eigenvalue weighted by atomic mass is 10.1. The molecule has 1 aromatic rings. The smallest absolute Gasteiger partial charge is 0.251 e. The molecule has 1 aliphatic rings. The second kappa shape index (κ2) is 4.22. The Morgan fingerprint density at radius 3 is 2.75 bits per heavy atom. The van der Waals surface area contributed by atoms with Gasteiger partial charge in [-0.2, -0.15) is 0 Å². The molecule has 0 atom stereocenters. The second-order valence-electron chi connectivity index (χ2n) is 3.81. The molecule has 0 heterocycles. The molecule has 4 N–H and O–H groups in total. The molecule has 0 spiro atoms. The van der Waals surface area contributed by atoms with Gasteiger partial charge in [0.25, 0.3) is 5.91 Å². The first-order valence-corrected chi connectivity index (χ1v) is 5.09. The molecule has 84 valence electrons. The third-order valence-corrected chi connectivity index (χ3v) is 2.44. The number of hydrogen-bond donors (Lipinski definition) is 3. The molecule has 0 radical (unpaired) electrons. The minimum absolute atomic E-state index is 0.000993. The molecule has 1 saturated carbocycles. The zero-order valence-corrected chi connectivity index (χ0v) is 8.68. The van der Waals surface area contributed by atoms with Crippen LogP contribution in [0.5, 0.6) is 0 Å². The number of rotatable bonds is 3. The lowest BCUT2D eigenvalue weighted by molar-refractivity contribution is 0.0951. The standard InChI is InChI=1S/C11H13N3O2/c12-10(14-16)7-2-1-3-8(6-7)11(15)13-9-4-5-9/h1-3,6,9,16H,4-5H2,(H2,12,14)(H,13,15). The van der Waals surface area contributed by atoms with Gasteiger partial charge in [0.2, 0.25) is 0 Å². The molecule has 0 aromatic heterocycles. The predicted molar refractivity (Wildman–Crippen MR) is 59.4 cm³/mol. The van der Waals surface area contributed by atoms with Crippen LogP contribution in [-0.2, 0) is 0 Å². The van der Waals surface area contributed by atoms with E-state index >= 15 is 0 Å². The molecule has 2 rings (SSSR count). The van der Waals surface area contributed by atoms with Crippen molar-refractivity contribution in [1.82, 2.24) is 5.32 Å². The molecule has 1 aliphatic carbocycles. The number of amides is 1. The summed E-state index contributed by atoms with van der Waals surface area (Å²) < 4.78 is 0. The van der Waals surface area contributed by atoms with Gasteiger partial charge in [0.05, 0.1) is 0 Å². The van der Waals surface area contributed by atoms with E-state index in [4.69, 9.17) is 10.9 Å². The Morgan fingerprint density at radius 1 is 1.44 bits per heavy atom. The molecule has 0 unspecified atom stereocenters. The maximum Gasteiger partial charge on any atom is 0.251 e. The van der Waals surface area contributed by atoms with E-state index in [9.17, 15) is 4.79 Å². The van der Waals surface area contributed by atoms with E-state index in [-0.39, 0.29) is 11.7 Å². The van der Waals surface area contributed by atoms with E-state index in [0.717, 1.165) is 12.8 Å². The first-order valence-electron chi connectivity index (χ1n) is 5.09. The van der Waals surface area contributed by atoms with Crippen molar-refractivity contribution in [3.63, 3.8) is 0 Å². The summed E-state index contributed by atoms with van der Waals surface area (Å²) in [6.45, 7) is 0. The monoisotopic (exact) mass is 219 g/mol. The fourth-order valence-electron chi connectivity index (χ4n) is 1.37. The third kappa shape index (κ3) is 2.31. The molecule has 1 fully saturated rings. The summed E-state index contributed by atoms with van der Waals surface area (Å²) in [6, 6.07) is 7.01. The Kier molecular flexibility index (Phi) is 2.76. The first kappa shape index (κ1) is 10.5. The van der Waals surface area contributed by atoms with Gasteiger partial charge in [0.15, 0.2) is 5.84 Å². The Hall–Kier alpha value is -2.04. The van der Waals surface area contributed by atoms with Crippen molar-refractivity contribution >= 4 is 11.7 Å². The fraction of sp³-hybridized carbons (Fsp3) is 0.273. The van der Waals surface area contributed by atoms with E-state index < -0.39 is 0 Å². The van der Waals surface area contributed by atoms with Crippen molar-refractivity contribution in [2.45, 2.75) is 18.9 Å². The Bertz CT molecular complexity index is 439. The molecule has 0 aliphatic heterocycles. The average Bonchev–Trinajstić information content (AvgIpc) is 3.12. The molecular weight excluding hydrogens is 206 g/mol. The van der Waals surface area contributed by atoms with E-state index in [2.05, 4.69) is 10.5 Å². The van der Waals surface area contributed by atoms with Gasteiger partial charge in [-0.3, -0.25) is 4.79 Å². The number of hydrogen-bond acceptors (Lipinski definition) is 3. The van der Waals surface area contributed by atoms with Gasteiger partial charge >= 0.3 is 0 Å². The largest absolute Gasteiger partial charge is 0.409 e. The quantitative estimate of drug-likeness (QED) is 0.302. The van der Waals surface area contributed by atoms with E-state index in [1.54, 1.807) is 24.3 Å². The normalized spacial score (nSPS) is 15.9. The van der Waals surface area contributed by atoms with Crippen molar-refractivity contribution in [2.24, 2.45) is 10.9 Å². The van der Waals surface area contributed by atoms with Gasteiger partial charge in [-0.15, -0.1) is 0 Å². The zero-order valence-electron chi connectivity index (χ0n) is 8.68. The van der Waals surface area contributed by atoms with Crippen molar-refractivity contribution in [3.8, 4) is 0 Å². The van der Waals surface area contributed by atoms with Crippen LogP contribution < -0.4 is 11.1 Å². The summed E-state index contributed by atoms with van der Waals surface area (Å²) in [5.74, 6) is -0.115. The minimum atomic E-state index is -0.116. The highest BCUT2D eigenvalue weighted by atomic mass is 16.4. The van der Waals surface area contributed by atoms with Gasteiger partial charge in [0.1, 0.15) is 0 Å². The maximum absolute atomic E-state index is 11.7. The van der Waals surface area contributed by atoms with Crippen LogP contribution >= 0.6 is 0 Å². The SMILES string of the molecule is N/C(=N\O)c1cccc(C(=O)NC2CC2)c1. The van der Waals surface area contributed by atoms with Crippen molar-refractivity contribution in [1.29, 1.82) is 0 Å². The summed E-state index contributed by atoms with van der Waals surface area (Å²) >= 11 is 0. The summed E-state index contributed by atoms with van der Waals surface area (Å²) in [6.07, 6.45) is 2.09. The van der Waals surface area contributed by atoms with Gasteiger partial charge in [0, 0.05) is 17.2 Å². The van der Waals surface area contributed by atoms with Crippen LogP contribution in [0, 0.1) is 0 Å². The number of nitrogens with zero attached hydrogens (tertiary/aromatic N) is 1. The highest BCUT2D eigenvalue weighted by Crippen LogP contribution is 2.19. The van der Waals surface area contributed by atoms with Gasteiger partial charge in [-0.25, -0.2) is 0 Å². The van der Waals surface area contributed by atoms with Gasteiger partial charge in [-0.1, -0.05) is 17.3 Å². The van der Waals surface area contributed by atoms with Crippen LogP contribution in [0.2, 0.25) is 0 Å². The molecule has 1 aromatic carbocycles. The number of carbonyl (C=O) groups is 1. The molecular formula is C11H13N3O2. The van der Waals surface area contributed by atoms with Gasteiger partial charge < -0.3 is 16.3 Å². The summed E-state index contributed by atoms with van der Waals surface area (Å²) in [5.41, 5.74) is 6.50. The number of amidine groups is 1. The number of nitrogens with two attached hydrogens (primary N) is 1. The maximum atomic E-state index is 11.7. The van der Waals surface area contributed by atoms with E-state index in [1.165, 1.54) is 0 Å². The number of benzene rings is 1. The molecule has 16 heavy (non-hydrogen) atoms. The second-order valence-corrected chi connectivity index (χ2v) is 3.81. The molecule has 0 saturated heterocycles. The van der Waals surface area contributed by atoms with Crippen molar-refractivity contribution < 1.29 is 10.0 Å². The lowest BCUT2D eigenvalue weighted by Gasteiger charge is -2.04. The van der Waals surface area contributed by atoms with Crippen LogP contribution in [0.15, 0.2) is 29.4 Å². The fourth-order valence-corrected chi connectivity index (χ4v) is 1.37. The molecule has 0 bridgehead atoms. The van der Waals surface area contributed by atoms with Gasteiger partial charge in [-0.05, 0) is 25.0 Å². The topological polar surface area (TPSA) is 87.7 Å². The number of oxime groups is 1. The molecule has 5 heteroatoms. The Labute approximate surface area is 92.9 Å². The first-order chi connectivity index (χ1) is 7.70. The van der Waals surface area contributed by atoms with Crippen molar-refractivity contribution in [3.05, 3.63) is 35.4 Å². The van der Waals surface area contributed by atoms with Crippen LogP contribution in [0.25, 0.3) is 0 Å². The Balaban J connectivity index is 2.17.